The Kier molecular flexibility index (Phi) is 4.81. The van der Waals surface area contributed by atoms with E-state index in [9.17, 15) is 4.79 Å². The molecule has 23 heavy (non-hydrogen) atoms. The van der Waals surface area contributed by atoms with Crippen LogP contribution in [0.25, 0.3) is 24.0 Å². The first kappa shape index (κ1) is 17.5. The quantitative estimate of drug-likeness (QED) is 0.651. The summed E-state index contributed by atoms with van der Waals surface area (Å²) in [7, 11) is 0. The summed E-state index contributed by atoms with van der Waals surface area (Å²) in [6.45, 7) is 15.9. The molecule has 0 aliphatic rings. The molecule has 1 N–H and O–H groups in total. The predicted octanol–water partition coefficient (Wildman–Crippen LogP) is 1.16. The summed E-state index contributed by atoms with van der Waals surface area (Å²) in [5.41, 5.74) is 3.44. The molecular weight excluding hydrogens is 333 g/mol. The molecule has 0 aliphatic carbocycles. The number of aromatic amines is 1. The van der Waals surface area contributed by atoms with Gasteiger partial charge in [0.15, 0.2) is 0 Å². The van der Waals surface area contributed by atoms with Crippen molar-refractivity contribution in [2.45, 2.75) is 40.0 Å². The van der Waals surface area contributed by atoms with Gasteiger partial charge in [-0.25, -0.2) is 0 Å². The van der Waals surface area contributed by atoms with Gasteiger partial charge in [-0.3, -0.25) is 0 Å². The van der Waals surface area contributed by atoms with E-state index in [0.717, 1.165) is 17.1 Å². The van der Waals surface area contributed by atoms with Crippen LogP contribution < -0.4 is 16.0 Å². The fraction of sp³-hybridized carbons (Fsp3) is 0.333. The number of aryl methyl sites for hydroxylation is 2. The van der Waals surface area contributed by atoms with Crippen LogP contribution in [0.15, 0.2) is 10.9 Å². The molecule has 0 saturated carbocycles. The van der Waals surface area contributed by atoms with Crippen LogP contribution in [0.3, 0.4) is 0 Å². The summed E-state index contributed by atoms with van der Waals surface area (Å²) in [5, 5.41) is 0.646. The van der Waals surface area contributed by atoms with Crippen molar-refractivity contribution in [1.82, 2.24) is 15.0 Å². The van der Waals surface area contributed by atoms with Crippen molar-refractivity contribution in [3.8, 4) is 11.4 Å². The molecular formula is C18H20N3NiO-. The van der Waals surface area contributed by atoms with E-state index in [2.05, 4.69) is 45.8 Å². The first-order valence-electron chi connectivity index (χ1n) is 7.27. The minimum atomic E-state index is -0.259. The fourth-order valence-corrected chi connectivity index (χ4v) is 2.64. The van der Waals surface area contributed by atoms with Gasteiger partial charge in [0.05, 0.1) is 0 Å². The summed E-state index contributed by atoms with van der Waals surface area (Å²) in [5.74, 6) is 0. The van der Waals surface area contributed by atoms with Crippen LogP contribution in [-0.2, 0) is 20.4 Å². The predicted molar refractivity (Wildman–Crippen MR) is 90.5 cm³/mol. The first-order valence-corrected chi connectivity index (χ1v) is 7.84. The molecule has 0 fully saturated rings. The maximum absolute atomic E-state index is 12.1. The number of aromatic nitrogens is 3. The van der Waals surface area contributed by atoms with Crippen molar-refractivity contribution in [1.29, 1.82) is 0 Å². The van der Waals surface area contributed by atoms with Crippen LogP contribution in [-0.4, -0.2) is 19.9 Å². The molecule has 0 spiro atoms. The summed E-state index contributed by atoms with van der Waals surface area (Å²) in [6, 6.07) is 1.45. The van der Waals surface area contributed by atoms with E-state index < -0.39 is 0 Å². The molecule has 2 heterocycles. The zero-order chi connectivity index (χ0) is 17.4. The molecule has 2 aromatic heterocycles. The van der Waals surface area contributed by atoms with Crippen LogP contribution >= 0.6 is 0 Å². The second kappa shape index (κ2) is 6.33. The van der Waals surface area contributed by atoms with Gasteiger partial charge in [0.1, 0.15) is 0 Å². The molecule has 124 valence electrons. The van der Waals surface area contributed by atoms with E-state index in [-0.39, 0.29) is 16.1 Å². The van der Waals surface area contributed by atoms with E-state index in [1.165, 1.54) is 11.1 Å². The van der Waals surface area contributed by atoms with E-state index in [4.69, 9.17) is 11.6 Å². The average molecular weight is 353 g/mol. The van der Waals surface area contributed by atoms with Gasteiger partial charge in [0.25, 0.3) is 0 Å². The SMILES string of the molecule is [CH-]=c1c(=O)cc(-c2nc(C)c(C(C)(C)C)nc2C)[nH]/c1=C/[CH]=[Ni]. The van der Waals surface area contributed by atoms with E-state index in [1.54, 1.807) is 6.08 Å². The van der Waals surface area contributed by atoms with Gasteiger partial charge in [-0.1, -0.05) is 0 Å². The normalized spacial score (nSPS) is 12.6. The van der Waals surface area contributed by atoms with Crippen LogP contribution in [0.1, 0.15) is 37.9 Å². The Morgan fingerprint density at radius 3 is 2.43 bits per heavy atom. The van der Waals surface area contributed by atoms with Gasteiger partial charge in [-0.2, -0.15) is 0 Å². The fourth-order valence-electron chi connectivity index (χ4n) is 2.47. The van der Waals surface area contributed by atoms with E-state index in [1.807, 2.05) is 13.8 Å². The first-order chi connectivity index (χ1) is 10.6. The topological polar surface area (TPSA) is 58.6 Å². The standard InChI is InChI=1S/C18H20N3O.Ni/c1-8-13-10(2)15(22)9-14(21-13)16-11(3)20-17(12(4)19-16)18(5,6)7;/h1-2,8-9,21H,3-7H3;/q-1;/b13-8+;. The molecule has 0 unspecified atom stereocenters. The molecule has 0 aromatic carbocycles. The Morgan fingerprint density at radius 1 is 1.22 bits per heavy atom. The zero-order valence-electron chi connectivity index (χ0n) is 13.9. The van der Waals surface area contributed by atoms with Crippen molar-refractivity contribution in [2.75, 3.05) is 0 Å². The van der Waals surface area contributed by atoms with Gasteiger partial charge in [-0.15, -0.1) is 0 Å². The summed E-state index contributed by atoms with van der Waals surface area (Å²) < 4.78 is 0. The molecule has 4 nitrogen and oxygen atoms in total. The van der Waals surface area contributed by atoms with Crippen LogP contribution in [0, 0.1) is 13.8 Å². The van der Waals surface area contributed by atoms with Gasteiger partial charge >= 0.3 is 143 Å². The molecule has 5 heteroatoms. The number of pyridine rings is 1. The third kappa shape index (κ3) is 3.56. The minimum absolute atomic E-state index is 0.0908. The Hall–Kier alpha value is -1.87. The van der Waals surface area contributed by atoms with Gasteiger partial charge in [-0.05, 0) is 0 Å². The van der Waals surface area contributed by atoms with E-state index >= 15 is 0 Å². The zero-order valence-corrected chi connectivity index (χ0v) is 14.9. The van der Waals surface area contributed by atoms with Gasteiger partial charge in [0, 0.05) is 0 Å². The Bertz CT molecular complexity index is 936. The summed E-state index contributed by atoms with van der Waals surface area (Å²) in [4.78, 5) is 26.0. The second-order valence-electron chi connectivity index (χ2n) is 6.49. The summed E-state index contributed by atoms with van der Waals surface area (Å²) in [6.07, 6.45) is 1.61. The average Bonchev–Trinajstić information content (AvgIpc) is 2.44. The van der Waals surface area contributed by atoms with E-state index in [0.29, 0.717) is 16.7 Å². The number of rotatable bonds is 2. The van der Waals surface area contributed by atoms with Crippen molar-refractivity contribution >= 4 is 17.6 Å². The van der Waals surface area contributed by atoms with Crippen molar-refractivity contribution < 1.29 is 15.0 Å². The Morgan fingerprint density at radius 2 is 1.87 bits per heavy atom. The molecule has 0 bridgehead atoms. The molecule has 0 aliphatic heterocycles. The van der Waals surface area contributed by atoms with Crippen LogP contribution in [0.5, 0.6) is 0 Å². The Balaban J connectivity index is 2.76. The number of H-pyrrole nitrogens is 1. The monoisotopic (exact) mass is 352 g/mol. The second-order valence-corrected chi connectivity index (χ2v) is 6.82. The number of nitrogens with zero attached hydrogens (tertiary/aromatic N) is 2. The van der Waals surface area contributed by atoms with Crippen LogP contribution in [0.4, 0.5) is 0 Å². The number of hydrogen-bond acceptors (Lipinski definition) is 3. The maximum atomic E-state index is 12.1. The molecule has 2 rings (SSSR count). The van der Waals surface area contributed by atoms with Crippen molar-refractivity contribution in [2.24, 2.45) is 0 Å². The molecule has 0 atom stereocenters. The third-order valence-corrected chi connectivity index (χ3v) is 3.69. The van der Waals surface area contributed by atoms with Crippen LogP contribution in [0.2, 0.25) is 0 Å². The van der Waals surface area contributed by atoms with Gasteiger partial charge < -0.3 is 0 Å². The van der Waals surface area contributed by atoms with Gasteiger partial charge in [0.2, 0.25) is 0 Å². The third-order valence-electron chi connectivity index (χ3n) is 3.53. The van der Waals surface area contributed by atoms with Crippen molar-refractivity contribution in [3.05, 3.63) is 43.9 Å². The number of nitrogens with one attached hydrogen (secondary N) is 1. The molecule has 0 amide bonds. The molecule has 0 saturated heterocycles. The Labute approximate surface area is 143 Å². The van der Waals surface area contributed by atoms with Crippen molar-refractivity contribution in [3.63, 3.8) is 0 Å². The summed E-state index contributed by atoms with van der Waals surface area (Å²) >= 11 is 4.52. The molecule has 2 aromatic rings. The molecule has 0 radical (unpaired) electrons. The number of hydrogen-bond donors (Lipinski definition) is 1.